The van der Waals surface area contributed by atoms with Gasteiger partial charge in [0.2, 0.25) is 0 Å². The van der Waals surface area contributed by atoms with Crippen LogP contribution in [0.25, 0.3) is 0 Å². The second-order valence-corrected chi connectivity index (χ2v) is 1.59. The van der Waals surface area contributed by atoms with E-state index in [-0.39, 0.29) is 0 Å². The Kier molecular flexibility index (Phi) is 0.825. The number of hydrogen-bond acceptors (Lipinski definition) is 1. The van der Waals surface area contributed by atoms with Gasteiger partial charge < -0.3 is 5.32 Å². The highest BCUT2D eigenvalue weighted by Gasteiger charge is 2.08. The van der Waals surface area contributed by atoms with Gasteiger partial charge in [0.25, 0.3) is 0 Å². The molecular weight excluding hydrogens is 74.1 g/mol. The van der Waals surface area contributed by atoms with E-state index in [1.165, 1.54) is 12.8 Å². The van der Waals surface area contributed by atoms with Gasteiger partial charge in [-0.25, -0.2) is 0 Å². The number of hydrogen-bond donors (Lipinski definition) is 1. The lowest BCUT2D eigenvalue weighted by molar-refractivity contribution is 1.10. The summed E-state index contributed by atoms with van der Waals surface area (Å²) in [4.78, 5) is 0. The predicted octanol–water partition coefficient (Wildman–Crippen LogP) is 0.883. The van der Waals surface area contributed by atoms with Crippen molar-refractivity contribution in [1.82, 2.24) is 5.32 Å². The van der Waals surface area contributed by atoms with Gasteiger partial charge in [0.15, 0.2) is 0 Å². The molecule has 0 spiro atoms. The van der Waals surface area contributed by atoms with Gasteiger partial charge >= 0.3 is 0 Å². The van der Waals surface area contributed by atoms with E-state index in [4.69, 9.17) is 0 Å². The van der Waals surface area contributed by atoms with E-state index in [0.29, 0.717) is 0 Å². The average molecular weight is 83.1 g/mol. The molecule has 0 aromatic heterocycles. The smallest absolute Gasteiger partial charge is 0.00276 e. The first kappa shape index (κ1) is 3.72. The third-order valence-corrected chi connectivity index (χ3v) is 0.887. The second-order valence-electron chi connectivity index (χ2n) is 1.59. The Labute approximate surface area is 38.1 Å². The minimum atomic E-state index is 1.32. The Morgan fingerprint density at radius 1 is 1.67 bits per heavy atom. The summed E-state index contributed by atoms with van der Waals surface area (Å²) in [5.41, 5.74) is 1.55. The van der Waals surface area contributed by atoms with Crippen molar-refractivity contribution >= 4 is 0 Å². The van der Waals surface area contributed by atoms with E-state index in [1.54, 1.807) is 5.57 Å². The molecule has 0 aromatic rings. The molecule has 0 amide bonds. The van der Waals surface area contributed by atoms with Crippen LogP contribution in [0.15, 0.2) is 11.8 Å². The van der Waals surface area contributed by atoms with Crippen LogP contribution in [0.2, 0.25) is 0 Å². The summed E-state index contributed by atoms with van der Waals surface area (Å²) >= 11 is 0. The highest BCUT2D eigenvalue weighted by molar-refractivity contribution is 5.14. The van der Waals surface area contributed by atoms with E-state index in [0.717, 1.165) is 0 Å². The molecule has 1 saturated carbocycles. The molecule has 1 aliphatic carbocycles. The third-order valence-electron chi connectivity index (χ3n) is 0.887. The van der Waals surface area contributed by atoms with Crippen molar-refractivity contribution in [3.05, 3.63) is 11.8 Å². The lowest BCUT2D eigenvalue weighted by Gasteiger charge is -1.76. The fourth-order valence-corrected chi connectivity index (χ4v) is 0.421. The van der Waals surface area contributed by atoms with Crippen molar-refractivity contribution in [1.29, 1.82) is 0 Å². The number of nitrogens with one attached hydrogen (secondary N) is 1. The molecule has 1 nitrogen and oxygen atoms in total. The molecule has 0 bridgehead atoms. The van der Waals surface area contributed by atoms with Crippen molar-refractivity contribution in [3.63, 3.8) is 0 Å². The van der Waals surface area contributed by atoms with Gasteiger partial charge in [0.05, 0.1) is 0 Å². The fraction of sp³-hybridized carbons (Fsp3) is 0.600. The van der Waals surface area contributed by atoms with E-state index >= 15 is 0 Å². The van der Waals surface area contributed by atoms with Gasteiger partial charge in [-0.05, 0) is 19.0 Å². The van der Waals surface area contributed by atoms with E-state index in [1.807, 2.05) is 7.05 Å². The topological polar surface area (TPSA) is 12.0 Å². The summed E-state index contributed by atoms with van der Waals surface area (Å²) < 4.78 is 0. The van der Waals surface area contributed by atoms with Gasteiger partial charge in [-0.3, -0.25) is 0 Å². The first-order valence-electron chi connectivity index (χ1n) is 2.28. The molecule has 1 fully saturated rings. The molecule has 1 rings (SSSR count). The minimum Gasteiger partial charge on any atom is -0.394 e. The zero-order chi connectivity index (χ0) is 4.41. The maximum Gasteiger partial charge on any atom is 0.00276 e. The van der Waals surface area contributed by atoms with Crippen molar-refractivity contribution in [2.45, 2.75) is 12.8 Å². The summed E-state index contributed by atoms with van der Waals surface area (Å²) in [6.45, 7) is 0. The van der Waals surface area contributed by atoms with Crippen LogP contribution in [-0.4, -0.2) is 7.05 Å². The first-order chi connectivity index (χ1) is 2.93. The zero-order valence-corrected chi connectivity index (χ0v) is 3.99. The molecule has 1 heteroatoms. The van der Waals surface area contributed by atoms with Crippen LogP contribution >= 0.6 is 0 Å². The minimum absolute atomic E-state index is 1.32. The van der Waals surface area contributed by atoms with Crippen molar-refractivity contribution in [2.24, 2.45) is 0 Å². The van der Waals surface area contributed by atoms with Crippen LogP contribution < -0.4 is 5.32 Å². The molecule has 0 saturated heterocycles. The van der Waals surface area contributed by atoms with Gasteiger partial charge in [0.1, 0.15) is 0 Å². The Hall–Kier alpha value is -0.460. The van der Waals surface area contributed by atoms with Gasteiger partial charge in [-0.15, -0.1) is 0 Å². The zero-order valence-electron chi connectivity index (χ0n) is 3.99. The Bertz CT molecular complexity index is 68.0. The Morgan fingerprint density at radius 3 is 2.50 bits per heavy atom. The molecule has 0 unspecified atom stereocenters. The summed E-state index contributed by atoms with van der Waals surface area (Å²) in [7, 11) is 1.94. The Balaban J connectivity index is 2.24. The molecule has 6 heavy (non-hydrogen) atoms. The molecule has 0 aromatic carbocycles. The van der Waals surface area contributed by atoms with Crippen molar-refractivity contribution in [3.8, 4) is 0 Å². The van der Waals surface area contributed by atoms with Crippen LogP contribution in [0, 0.1) is 0 Å². The van der Waals surface area contributed by atoms with Crippen LogP contribution in [0.3, 0.4) is 0 Å². The van der Waals surface area contributed by atoms with Crippen LogP contribution in [0.5, 0.6) is 0 Å². The fourth-order valence-electron chi connectivity index (χ4n) is 0.421. The van der Waals surface area contributed by atoms with Gasteiger partial charge in [-0.1, -0.05) is 5.57 Å². The summed E-state index contributed by atoms with van der Waals surface area (Å²) in [5, 5.41) is 2.97. The highest BCUT2D eigenvalue weighted by Crippen LogP contribution is 2.25. The first-order valence-corrected chi connectivity index (χ1v) is 2.28. The molecule has 0 aliphatic heterocycles. The van der Waals surface area contributed by atoms with Crippen molar-refractivity contribution < 1.29 is 0 Å². The predicted molar refractivity (Wildman–Crippen MR) is 26.4 cm³/mol. The summed E-state index contributed by atoms with van der Waals surface area (Å²) in [5.74, 6) is 0. The van der Waals surface area contributed by atoms with Crippen LogP contribution in [0.4, 0.5) is 0 Å². The standard InChI is InChI=1S/C5H9N/c1-6-4-5-2-3-5/h4,6H,2-3H2,1H3. The maximum absolute atomic E-state index is 2.97. The van der Waals surface area contributed by atoms with Crippen LogP contribution in [-0.2, 0) is 0 Å². The average Bonchev–Trinajstić information content (AvgIpc) is 2.21. The normalized spacial score (nSPS) is 17.2. The summed E-state index contributed by atoms with van der Waals surface area (Å²) in [6.07, 6.45) is 4.71. The lowest BCUT2D eigenvalue weighted by Crippen LogP contribution is -1.89. The molecule has 1 aliphatic rings. The van der Waals surface area contributed by atoms with Gasteiger partial charge in [-0.2, -0.15) is 0 Å². The molecule has 0 atom stereocenters. The molecule has 0 radical (unpaired) electrons. The van der Waals surface area contributed by atoms with Crippen LogP contribution in [0.1, 0.15) is 12.8 Å². The number of rotatable bonds is 1. The molecule has 0 heterocycles. The SMILES string of the molecule is CNC=C1CC1. The Morgan fingerprint density at radius 2 is 2.33 bits per heavy atom. The quantitative estimate of drug-likeness (QED) is 0.496. The monoisotopic (exact) mass is 83.1 g/mol. The largest absolute Gasteiger partial charge is 0.394 e. The second kappa shape index (κ2) is 1.33. The van der Waals surface area contributed by atoms with E-state index in [9.17, 15) is 0 Å². The van der Waals surface area contributed by atoms with Crippen molar-refractivity contribution in [2.75, 3.05) is 7.05 Å². The lowest BCUT2D eigenvalue weighted by atomic mass is 10.7. The summed E-state index contributed by atoms with van der Waals surface area (Å²) in [6, 6.07) is 0. The van der Waals surface area contributed by atoms with Gasteiger partial charge in [0, 0.05) is 7.05 Å². The molecule has 1 N–H and O–H groups in total. The van der Waals surface area contributed by atoms with E-state index in [2.05, 4.69) is 11.5 Å². The molecular formula is C5H9N. The number of allylic oxidation sites excluding steroid dienone is 1. The maximum atomic E-state index is 2.97. The third kappa shape index (κ3) is 0.744. The van der Waals surface area contributed by atoms with E-state index < -0.39 is 0 Å². The molecule has 34 valence electrons. The highest BCUT2D eigenvalue weighted by atomic mass is 14.8.